The van der Waals surface area contributed by atoms with Gasteiger partial charge in [0.2, 0.25) is 0 Å². The van der Waals surface area contributed by atoms with Crippen LogP contribution in [0.2, 0.25) is 0 Å². The van der Waals surface area contributed by atoms with E-state index < -0.39 is 0 Å². The van der Waals surface area contributed by atoms with Crippen LogP contribution in [0.25, 0.3) is 0 Å². The zero-order chi connectivity index (χ0) is 18.6. The van der Waals surface area contributed by atoms with Crippen molar-refractivity contribution in [2.75, 3.05) is 31.5 Å². The highest BCUT2D eigenvalue weighted by molar-refractivity contribution is 6.00. The number of amides is 1. The first-order chi connectivity index (χ1) is 13.2. The van der Waals surface area contributed by atoms with Gasteiger partial charge in [-0.25, -0.2) is 0 Å². The quantitative estimate of drug-likeness (QED) is 0.875. The van der Waals surface area contributed by atoms with Crippen LogP contribution in [0.5, 0.6) is 0 Å². The minimum absolute atomic E-state index is 0.116. The average molecular weight is 364 g/mol. The van der Waals surface area contributed by atoms with Gasteiger partial charge >= 0.3 is 0 Å². The fourth-order valence-corrected chi connectivity index (χ4v) is 4.13. The zero-order valence-corrected chi connectivity index (χ0v) is 15.7. The molecular formula is C22H28N4O. The number of likely N-dealkylation sites (tertiary alicyclic amines) is 2. The molecule has 5 nitrogen and oxygen atoms in total. The molecule has 0 radical (unpaired) electrons. The standard InChI is InChI=1S/C22H28N4O/c23-17-10-13-25(14-11-17)19-12-15-26(16-19)22(27)20-8-4-5-9-21(20)24-18-6-2-1-3-7-18/h1-9,17,19,24H,10-16,23H2. The number of para-hydroxylation sites is 2. The van der Waals surface area contributed by atoms with Crippen molar-refractivity contribution < 1.29 is 4.79 Å². The van der Waals surface area contributed by atoms with Crippen LogP contribution in [0.4, 0.5) is 11.4 Å². The van der Waals surface area contributed by atoms with Gasteiger partial charge in [0, 0.05) is 30.9 Å². The summed E-state index contributed by atoms with van der Waals surface area (Å²) in [5, 5.41) is 3.38. The maximum absolute atomic E-state index is 13.2. The van der Waals surface area contributed by atoms with Crippen LogP contribution >= 0.6 is 0 Å². The molecule has 0 bridgehead atoms. The molecule has 27 heavy (non-hydrogen) atoms. The van der Waals surface area contributed by atoms with Gasteiger partial charge < -0.3 is 16.0 Å². The summed E-state index contributed by atoms with van der Waals surface area (Å²) < 4.78 is 0. The van der Waals surface area contributed by atoms with Gasteiger partial charge in [0.25, 0.3) is 5.91 Å². The SMILES string of the molecule is NC1CCN(C2CCN(C(=O)c3ccccc3Nc3ccccc3)C2)CC1. The van der Waals surface area contributed by atoms with Crippen molar-refractivity contribution in [1.29, 1.82) is 0 Å². The highest BCUT2D eigenvalue weighted by atomic mass is 16.2. The lowest BCUT2D eigenvalue weighted by atomic mass is 10.0. The number of anilines is 2. The van der Waals surface area contributed by atoms with E-state index >= 15 is 0 Å². The van der Waals surface area contributed by atoms with Gasteiger partial charge in [0.1, 0.15) is 0 Å². The summed E-state index contributed by atoms with van der Waals surface area (Å²) in [7, 11) is 0. The number of benzene rings is 2. The fourth-order valence-electron chi connectivity index (χ4n) is 4.13. The normalized spacial score (nSPS) is 21.4. The second-order valence-electron chi connectivity index (χ2n) is 7.60. The van der Waals surface area contributed by atoms with Gasteiger partial charge in [0.15, 0.2) is 0 Å². The van der Waals surface area contributed by atoms with Crippen molar-refractivity contribution in [1.82, 2.24) is 9.80 Å². The third-order valence-corrected chi connectivity index (χ3v) is 5.75. The molecule has 2 saturated heterocycles. The molecule has 3 N–H and O–H groups in total. The van der Waals surface area contributed by atoms with E-state index in [1.165, 1.54) is 0 Å². The Hall–Kier alpha value is -2.37. The van der Waals surface area contributed by atoms with E-state index in [-0.39, 0.29) is 5.91 Å². The van der Waals surface area contributed by atoms with Crippen molar-refractivity contribution >= 4 is 17.3 Å². The molecule has 2 aliphatic heterocycles. The Kier molecular flexibility index (Phi) is 5.41. The van der Waals surface area contributed by atoms with Gasteiger partial charge in [-0.15, -0.1) is 0 Å². The maximum Gasteiger partial charge on any atom is 0.256 e. The van der Waals surface area contributed by atoms with Crippen LogP contribution in [0.1, 0.15) is 29.6 Å². The van der Waals surface area contributed by atoms with E-state index in [2.05, 4.69) is 10.2 Å². The summed E-state index contributed by atoms with van der Waals surface area (Å²) in [4.78, 5) is 17.7. The Balaban J connectivity index is 1.44. The number of rotatable bonds is 4. The molecule has 4 rings (SSSR count). The second kappa shape index (κ2) is 8.11. The van der Waals surface area contributed by atoms with E-state index in [0.717, 1.165) is 62.4 Å². The third-order valence-electron chi connectivity index (χ3n) is 5.75. The van der Waals surface area contributed by atoms with Crippen molar-refractivity contribution in [3.8, 4) is 0 Å². The molecule has 2 aromatic carbocycles. The Morgan fingerprint density at radius 1 is 0.926 bits per heavy atom. The van der Waals surface area contributed by atoms with Crippen LogP contribution < -0.4 is 11.1 Å². The van der Waals surface area contributed by atoms with Gasteiger partial charge in [-0.1, -0.05) is 30.3 Å². The first kappa shape index (κ1) is 18.0. The molecule has 0 spiro atoms. The number of carbonyl (C=O) groups excluding carboxylic acids is 1. The summed E-state index contributed by atoms with van der Waals surface area (Å²) in [6, 6.07) is 18.6. The zero-order valence-electron chi connectivity index (χ0n) is 15.7. The molecule has 2 fully saturated rings. The lowest BCUT2D eigenvalue weighted by Crippen LogP contribution is -2.46. The van der Waals surface area contributed by atoms with Crippen molar-refractivity contribution in [2.45, 2.75) is 31.3 Å². The van der Waals surface area contributed by atoms with E-state index in [1.54, 1.807) is 0 Å². The molecule has 0 aliphatic carbocycles. The molecule has 1 atom stereocenters. The van der Waals surface area contributed by atoms with E-state index in [0.29, 0.717) is 12.1 Å². The number of nitrogens with two attached hydrogens (primary N) is 1. The first-order valence-electron chi connectivity index (χ1n) is 9.91. The van der Waals surface area contributed by atoms with E-state index in [1.807, 2.05) is 59.5 Å². The fraction of sp³-hybridized carbons (Fsp3) is 0.409. The van der Waals surface area contributed by atoms with Crippen LogP contribution in [-0.2, 0) is 0 Å². The molecule has 0 aromatic heterocycles. The highest BCUT2D eigenvalue weighted by Gasteiger charge is 2.32. The third kappa shape index (κ3) is 4.15. The molecule has 2 aliphatic rings. The van der Waals surface area contributed by atoms with Gasteiger partial charge in [0.05, 0.1) is 11.3 Å². The van der Waals surface area contributed by atoms with Gasteiger partial charge in [-0.2, -0.15) is 0 Å². The average Bonchev–Trinajstić information content (AvgIpc) is 3.19. The summed E-state index contributed by atoms with van der Waals surface area (Å²) >= 11 is 0. The second-order valence-corrected chi connectivity index (χ2v) is 7.60. The number of piperidine rings is 1. The monoisotopic (exact) mass is 364 g/mol. The van der Waals surface area contributed by atoms with Gasteiger partial charge in [-0.3, -0.25) is 9.69 Å². The molecule has 1 amide bonds. The Morgan fingerprint density at radius 2 is 1.63 bits per heavy atom. The largest absolute Gasteiger partial charge is 0.355 e. The number of hydrogen-bond acceptors (Lipinski definition) is 4. The van der Waals surface area contributed by atoms with E-state index in [4.69, 9.17) is 5.73 Å². The molecule has 0 saturated carbocycles. The number of nitrogens with zero attached hydrogens (tertiary/aromatic N) is 2. The predicted octanol–water partition coefficient (Wildman–Crippen LogP) is 3.07. The smallest absolute Gasteiger partial charge is 0.256 e. The summed E-state index contributed by atoms with van der Waals surface area (Å²) in [5.74, 6) is 0.116. The molecule has 5 heteroatoms. The molecule has 2 aromatic rings. The van der Waals surface area contributed by atoms with E-state index in [9.17, 15) is 4.79 Å². The van der Waals surface area contributed by atoms with Crippen LogP contribution in [0.3, 0.4) is 0 Å². The molecule has 1 unspecified atom stereocenters. The first-order valence-corrected chi connectivity index (χ1v) is 9.91. The van der Waals surface area contributed by atoms with Crippen LogP contribution in [-0.4, -0.2) is 54.0 Å². The number of hydrogen-bond donors (Lipinski definition) is 2. The summed E-state index contributed by atoms with van der Waals surface area (Å²) in [6.45, 7) is 3.75. The topological polar surface area (TPSA) is 61.6 Å². The summed E-state index contributed by atoms with van der Waals surface area (Å²) in [6.07, 6.45) is 3.18. The number of nitrogens with one attached hydrogen (secondary N) is 1. The lowest BCUT2D eigenvalue weighted by molar-refractivity contribution is 0.0770. The molecule has 142 valence electrons. The summed E-state index contributed by atoms with van der Waals surface area (Å²) in [5.41, 5.74) is 8.62. The van der Waals surface area contributed by atoms with Crippen LogP contribution in [0, 0.1) is 0 Å². The maximum atomic E-state index is 13.2. The van der Waals surface area contributed by atoms with Crippen molar-refractivity contribution in [3.05, 3.63) is 60.2 Å². The lowest BCUT2D eigenvalue weighted by Gasteiger charge is -2.34. The minimum Gasteiger partial charge on any atom is -0.355 e. The Labute approximate surface area is 161 Å². The van der Waals surface area contributed by atoms with Crippen molar-refractivity contribution in [2.24, 2.45) is 5.73 Å². The Morgan fingerprint density at radius 3 is 2.41 bits per heavy atom. The van der Waals surface area contributed by atoms with Gasteiger partial charge in [-0.05, 0) is 56.6 Å². The molecular weight excluding hydrogens is 336 g/mol. The number of carbonyl (C=O) groups is 1. The molecule has 2 heterocycles. The Bertz CT molecular complexity index is 771. The van der Waals surface area contributed by atoms with Crippen LogP contribution in [0.15, 0.2) is 54.6 Å². The van der Waals surface area contributed by atoms with Crippen molar-refractivity contribution in [3.63, 3.8) is 0 Å². The minimum atomic E-state index is 0.116. The predicted molar refractivity (Wildman–Crippen MR) is 109 cm³/mol. The highest BCUT2D eigenvalue weighted by Crippen LogP contribution is 2.25.